The summed E-state index contributed by atoms with van der Waals surface area (Å²) in [6.07, 6.45) is 2.66. The maximum absolute atomic E-state index is 10.6. The van der Waals surface area contributed by atoms with Crippen molar-refractivity contribution in [2.24, 2.45) is 0 Å². The zero-order valence-electron chi connectivity index (χ0n) is 4.33. The Morgan fingerprint density at radius 2 is 2.22 bits per heavy atom. The van der Waals surface area contributed by atoms with Crippen LogP contribution in [0.1, 0.15) is 0 Å². The molecule has 1 aliphatic rings. The van der Waals surface area contributed by atoms with Gasteiger partial charge in [0.2, 0.25) is 0 Å². The third kappa shape index (κ3) is 1.18. The van der Waals surface area contributed by atoms with Gasteiger partial charge in [-0.2, -0.15) is 0 Å². The second-order valence-corrected chi connectivity index (χ2v) is 2.49. The van der Waals surface area contributed by atoms with Gasteiger partial charge in [0.05, 0.1) is 6.26 Å². The Hall–Kier alpha value is -0.640. The van der Waals surface area contributed by atoms with Gasteiger partial charge in [0.15, 0.2) is 0 Å². The van der Waals surface area contributed by atoms with E-state index in [1.165, 1.54) is 12.3 Å². The Bertz CT molecular complexity index is 185. The van der Waals surface area contributed by atoms with Crippen molar-refractivity contribution < 1.29 is 14.3 Å². The third-order valence-corrected chi connectivity index (χ3v) is 1.60. The van der Waals surface area contributed by atoms with Crippen molar-refractivity contribution in [1.29, 1.82) is 0 Å². The molecule has 4 heteroatoms. The lowest BCUT2D eigenvalue weighted by molar-refractivity contribution is -0.149. The Morgan fingerprint density at radius 1 is 1.56 bits per heavy atom. The summed E-state index contributed by atoms with van der Waals surface area (Å²) in [4.78, 5) is 20.4. The lowest BCUT2D eigenvalue weighted by Crippen LogP contribution is -2.26. The third-order valence-electron chi connectivity index (χ3n) is 0.874. The molecular weight excluding hydrogens is 188 g/mol. The van der Waals surface area contributed by atoms with E-state index in [9.17, 15) is 9.59 Å². The summed E-state index contributed by atoms with van der Waals surface area (Å²) >= 11 is 2.96. The number of allylic oxidation sites excluding steroid dienone is 1. The first kappa shape index (κ1) is 6.48. The number of esters is 1. The van der Waals surface area contributed by atoms with Crippen molar-refractivity contribution >= 4 is 27.7 Å². The molecule has 0 aromatic rings. The van der Waals surface area contributed by atoms with Gasteiger partial charge in [-0.05, 0) is 6.08 Å². The van der Waals surface area contributed by atoms with Crippen LogP contribution in [0, 0.1) is 0 Å². The van der Waals surface area contributed by atoms with E-state index in [2.05, 4.69) is 20.7 Å². The van der Waals surface area contributed by atoms with Gasteiger partial charge in [-0.1, -0.05) is 15.9 Å². The minimum atomic E-state index is -0.806. The molecule has 1 aliphatic heterocycles. The van der Waals surface area contributed by atoms with Gasteiger partial charge >= 0.3 is 5.97 Å². The molecule has 3 nitrogen and oxygen atoms in total. The first-order valence-corrected chi connectivity index (χ1v) is 3.19. The van der Waals surface area contributed by atoms with Crippen molar-refractivity contribution in [1.82, 2.24) is 0 Å². The van der Waals surface area contributed by atoms with Gasteiger partial charge in [0.25, 0.3) is 5.78 Å². The summed E-state index contributed by atoms with van der Waals surface area (Å²) in [5.41, 5.74) is 0. The summed E-state index contributed by atoms with van der Waals surface area (Å²) < 4.78 is 4.26. The summed E-state index contributed by atoms with van der Waals surface area (Å²) in [6, 6.07) is 0. The number of carbonyl (C=O) groups excluding carboxylic acids is 2. The van der Waals surface area contributed by atoms with E-state index < -0.39 is 16.6 Å². The van der Waals surface area contributed by atoms with E-state index in [0.717, 1.165) is 0 Å². The minimum absolute atomic E-state index is 0.501. The fourth-order valence-electron chi connectivity index (χ4n) is 0.428. The number of rotatable bonds is 0. The lowest BCUT2D eigenvalue weighted by Gasteiger charge is -2.05. The number of halogens is 1. The Balaban J connectivity index is 2.81. The highest BCUT2D eigenvalue weighted by atomic mass is 79.9. The zero-order valence-corrected chi connectivity index (χ0v) is 5.92. The predicted molar refractivity (Wildman–Crippen MR) is 33.0 cm³/mol. The van der Waals surface area contributed by atoms with Crippen LogP contribution < -0.4 is 0 Å². The van der Waals surface area contributed by atoms with E-state index in [4.69, 9.17) is 0 Å². The summed E-state index contributed by atoms with van der Waals surface area (Å²) in [5, 5.41) is 0. The highest BCUT2D eigenvalue weighted by Crippen LogP contribution is 2.08. The number of carbonyl (C=O) groups is 2. The summed E-state index contributed by atoms with van der Waals surface area (Å²) in [7, 11) is 0. The highest BCUT2D eigenvalue weighted by molar-refractivity contribution is 9.10. The number of hydrogen-bond donors (Lipinski definition) is 0. The number of cyclic esters (lactones) is 1. The molecule has 1 rings (SSSR count). The molecule has 9 heavy (non-hydrogen) atoms. The van der Waals surface area contributed by atoms with Gasteiger partial charge in [-0.3, -0.25) is 4.79 Å². The largest absolute Gasteiger partial charge is 0.429 e. The van der Waals surface area contributed by atoms with E-state index in [1.807, 2.05) is 0 Å². The van der Waals surface area contributed by atoms with Gasteiger partial charge in [-0.25, -0.2) is 4.79 Å². The molecule has 0 bridgehead atoms. The highest BCUT2D eigenvalue weighted by Gasteiger charge is 2.24. The number of ether oxygens (including phenoxy) is 1. The Labute approximate surface area is 59.8 Å². The minimum Gasteiger partial charge on any atom is -0.429 e. The number of ketones is 1. The topological polar surface area (TPSA) is 43.4 Å². The van der Waals surface area contributed by atoms with Crippen LogP contribution in [0.15, 0.2) is 12.3 Å². The number of alkyl halides is 1. The standard InChI is InChI=1S/C5H3BrO3/c6-3-1-2-9-5(8)4(3)7/h1-3H. The molecule has 1 unspecified atom stereocenters. The summed E-state index contributed by atoms with van der Waals surface area (Å²) in [6.45, 7) is 0. The molecule has 0 spiro atoms. The summed E-state index contributed by atoms with van der Waals surface area (Å²) in [5.74, 6) is -1.36. The maximum Gasteiger partial charge on any atom is 0.380 e. The predicted octanol–water partition coefficient (Wildman–Crippen LogP) is 0.389. The second kappa shape index (κ2) is 2.31. The van der Waals surface area contributed by atoms with Crippen molar-refractivity contribution in [3.05, 3.63) is 12.3 Å². The van der Waals surface area contributed by atoms with Crippen LogP contribution in [0.5, 0.6) is 0 Å². The molecule has 0 aliphatic carbocycles. The average Bonchev–Trinajstić information content (AvgIpc) is 1.83. The molecule has 0 amide bonds. The second-order valence-electron chi connectivity index (χ2n) is 1.50. The molecule has 0 aromatic carbocycles. The molecule has 0 radical (unpaired) electrons. The number of Topliss-reactive ketones (excluding diaryl/α,β-unsaturated/α-hetero) is 1. The number of hydrogen-bond acceptors (Lipinski definition) is 3. The van der Waals surface area contributed by atoms with Gasteiger partial charge in [0.1, 0.15) is 4.83 Å². The van der Waals surface area contributed by atoms with Crippen molar-refractivity contribution in [2.75, 3.05) is 0 Å². The normalized spacial score (nSPS) is 26.1. The molecule has 0 N–H and O–H groups in total. The van der Waals surface area contributed by atoms with Crippen LogP contribution >= 0.6 is 15.9 Å². The van der Waals surface area contributed by atoms with E-state index >= 15 is 0 Å². The SMILES string of the molecule is O=C1OC=CC(Br)C1=O. The average molecular weight is 191 g/mol. The van der Waals surface area contributed by atoms with E-state index in [-0.39, 0.29) is 0 Å². The fourth-order valence-corrected chi connectivity index (χ4v) is 0.740. The van der Waals surface area contributed by atoms with Gasteiger partial charge < -0.3 is 4.74 Å². The van der Waals surface area contributed by atoms with Crippen LogP contribution in [0.4, 0.5) is 0 Å². The van der Waals surface area contributed by atoms with Gasteiger partial charge in [0, 0.05) is 0 Å². The molecule has 1 heterocycles. The van der Waals surface area contributed by atoms with Crippen LogP contribution in [0.2, 0.25) is 0 Å². The van der Waals surface area contributed by atoms with Gasteiger partial charge in [-0.15, -0.1) is 0 Å². The smallest absolute Gasteiger partial charge is 0.380 e. The maximum atomic E-state index is 10.6. The van der Waals surface area contributed by atoms with Crippen LogP contribution in [0.25, 0.3) is 0 Å². The van der Waals surface area contributed by atoms with Crippen molar-refractivity contribution in [2.45, 2.75) is 4.83 Å². The van der Waals surface area contributed by atoms with E-state index in [1.54, 1.807) is 0 Å². The molecular formula is C5H3BrO3. The lowest BCUT2D eigenvalue weighted by atomic mass is 10.2. The quantitative estimate of drug-likeness (QED) is 0.316. The zero-order chi connectivity index (χ0) is 6.85. The Kier molecular flexibility index (Phi) is 1.66. The van der Waals surface area contributed by atoms with Crippen LogP contribution in [-0.4, -0.2) is 16.6 Å². The first-order valence-electron chi connectivity index (χ1n) is 2.27. The fraction of sp³-hybridized carbons (Fsp3) is 0.200. The van der Waals surface area contributed by atoms with Crippen LogP contribution in [-0.2, 0) is 14.3 Å². The van der Waals surface area contributed by atoms with Crippen molar-refractivity contribution in [3.63, 3.8) is 0 Å². The Morgan fingerprint density at radius 3 is 2.67 bits per heavy atom. The molecule has 1 atom stereocenters. The first-order chi connectivity index (χ1) is 4.22. The molecule has 0 fully saturated rings. The molecule has 48 valence electrons. The monoisotopic (exact) mass is 190 g/mol. The van der Waals surface area contributed by atoms with E-state index in [0.29, 0.717) is 0 Å². The molecule has 0 saturated heterocycles. The molecule has 0 saturated carbocycles. The van der Waals surface area contributed by atoms with Crippen molar-refractivity contribution in [3.8, 4) is 0 Å². The molecule has 0 aromatic heterocycles. The van der Waals surface area contributed by atoms with Crippen LogP contribution in [0.3, 0.4) is 0 Å².